The van der Waals surface area contributed by atoms with Gasteiger partial charge >= 0.3 is 5.69 Å². The third-order valence-corrected chi connectivity index (χ3v) is 3.09. The Morgan fingerprint density at radius 2 is 2.44 bits per heavy atom. The van der Waals surface area contributed by atoms with Gasteiger partial charge in [-0.1, -0.05) is 0 Å². The van der Waals surface area contributed by atoms with E-state index in [4.69, 9.17) is 4.74 Å². The fourth-order valence-electron chi connectivity index (χ4n) is 2.11. The minimum atomic E-state index is -0.433. The highest BCUT2D eigenvalue weighted by Gasteiger charge is 2.17. The maximum atomic E-state index is 10.9. The molecule has 1 saturated heterocycles. The molecule has 6 nitrogen and oxygen atoms in total. The number of benzene rings is 1. The topological polar surface area (TPSA) is 76.4 Å². The van der Waals surface area contributed by atoms with Gasteiger partial charge in [0.2, 0.25) is 0 Å². The van der Waals surface area contributed by atoms with Crippen molar-refractivity contribution in [3.63, 3.8) is 0 Å². The third-order valence-electron chi connectivity index (χ3n) is 3.09. The molecule has 0 spiro atoms. The van der Waals surface area contributed by atoms with Crippen molar-refractivity contribution in [1.29, 1.82) is 0 Å². The minimum Gasteiger partial charge on any atom is -0.490 e. The molecule has 18 heavy (non-hydrogen) atoms. The van der Waals surface area contributed by atoms with Crippen molar-refractivity contribution in [3.8, 4) is 5.75 Å². The van der Waals surface area contributed by atoms with Crippen LogP contribution in [-0.4, -0.2) is 31.2 Å². The van der Waals surface area contributed by atoms with Gasteiger partial charge in [0.1, 0.15) is 0 Å². The lowest BCUT2D eigenvalue weighted by Crippen LogP contribution is -2.29. The molecular formula is C12H17N3O3. The summed E-state index contributed by atoms with van der Waals surface area (Å²) in [7, 11) is 1.43. The second kappa shape index (κ2) is 5.68. The van der Waals surface area contributed by atoms with E-state index in [2.05, 4.69) is 10.6 Å². The highest BCUT2D eigenvalue weighted by atomic mass is 16.6. The Balaban J connectivity index is 2.04. The molecular weight excluding hydrogens is 234 g/mol. The Morgan fingerprint density at radius 3 is 3.06 bits per heavy atom. The molecule has 0 aliphatic carbocycles. The molecule has 1 atom stereocenters. The summed E-state index contributed by atoms with van der Waals surface area (Å²) >= 11 is 0. The van der Waals surface area contributed by atoms with Crippen LogP contribution in [0.25, 0.3) is 0 Å². The van der Waals surface area contributed by atoms with Crippen molar-refractivity contribution < 1.29 is 9.66 Å². The van der Waals surface area contributed by atoms with Gasteiger partial charge in [-0.3, -0.25) is 10.1 Å². The largest absolute Gasteiger partial charge is 0.490 e. The smallest absolute Gasteiger partial charge is 0.312 e. The predicted octanol–water partition coefficient (Wildman–Crippen LogP) is 1.77. The van der Waals surface area contributed by atoms with Gasteiger partial charge < -0.3 is 15.4 Å². The van der Waals surface area contributed by atoms with Crippen LogP contribution in [0.1, 0.15) is 12.8 Å². The van der Waals surface area contributed by atoms with Gasteiger partial charge in [-0.05, 0) is 31.5 Å². The van der Waals surface area contributed by atoms with Gasteiger partial charge in [-0.25, -0.2) is 0 Å². The molecule has 1 fully saturated rings. The van der Waals surface area contributed by atoms with E-state index in [-0.39, 0.29) is 11.4 Å². The number of nitrogens with one attached hydrogen (secondary N) is 2. The van der Waals surface area contributed by atoms with Gasteiger partial charge in [0, 0.05) is 24.3 Å². The van der Waals surface area contributed by atoms with Crippen LogP contribution < -0.4 is 15.4 Å². The monoisotopic (exact) mass is 251 g/mol. The number of hydrogen-bond donors (Lipinski definition) is 2. The number of nitrogens with zero attached hydrogens (tertiary/aromatic N) is 1. The quantitative estimate of drug-likeness (QED) is 0.616. The van der Waals surface area contributed by atoms with Crippen LogP contribution in [0.15, 0.2) is 18.2 Å². The van der Waals surface area contributed by atoms with Gasteiger partial charge in [0.25, 0.3) is 0 Å². The second-order valence-corrected chi connectivity index (χ2v) is 4.32. The van der Waals surface area contributed by atoms with Crippen molar-refractivity contribution in [3.05, 3.63) is 28.3 Å². The first kappa shape index (κ1) is 12.6. The summed E-state index contributed by atoms with van der Waals surface area (Å²) < 4.78 is 4.96. The molecule has 1 unspecified atom stereocenters. The van der Waals surface area contributed by atoms with Crippen molar-refractivity contribution in [2.24, 2.45) is 0 Å². The molecule has 1 aliphatic heterocycles. The fraction of sp³-hybridized carbons (Fsp3) is 0.500. The molecule has 98 valence electrons. The Kier molecular flexibility index (Phi) is 3.99. The van der Waals surface area contributed by atoms with Crippen molar-refractivity contribution >= 4 is 11.4 Å². The van der Waals surface area contributed by atoms with E-state index in [9.17, 15) is 10.1 Å². The molecule has 1 aromatic carbocycles. The van der Waals surface area contributed by atoms with Crippen molar-refractivity contribution in [2.45, 2.75) is 18.9 Å². The molecule has 0 bridgehead atoms. The number of anilines is 1. The van der Waals surface area contributed by atoms with E-state index in [1.807, 2.05) is 0 Å². The second-order valence-electron chi connectivity index (χ2n) is 4.32. The first-order valence-corrected chi connectivity index (χ1v) is 6.00. The third kappa shape index (κ3) is 2.89. The van der Waals surface area contributed by atoms with E-state index in [1.165, 1.54) is 19.6 Å². The number of methoxy groups -OCH3 is 1. The molecule has 1 heterocycles. The Bertz CT molecular complexity index is 431. The van der Waals surface area contributed by atoms with Gasteiger partial charge in [-0.15, -0.1) is 0 Å². The SMILES string of the molecule is COc1ccc(NCC2CCCN2)cc1[N+](=O)[O-]. The summed E-state index contributed by atoms with van der Waals surface area (Å²) in [6.07, 6.45) is 2.33. The van der Waals surface area contributed by atoms with Crippen LogP contribution in [0.4, 0.5) is 11.4 Å². The average molecular weight is 251 g/mol. The standard InChI is InChI=1S/C12H17N3O3/c1-18-12-5-4-9(7-11(12)15(16)17)14-8-10-3-2-6-13-10/h4-5,7,10,13-14H,2-3,6,8H2,1H3. The first-order valence-electron chi connectivity index (χ1n) is 6.00. The number of ether oxygens (including phenoxy) is 1. The molecule has 1 aliphatic rings. The molecule has 0 radical (unpaired) electrons. The van der Waals surface area contributed by atoms with E-state index >= 15 is 0 Å². The zero-order chi connectivity index (χ0) is 13.0. The normalized spacial score (nSPS) is 18.6. The summed E-state index contributed by atoms with van der Waals surface area (Å²) in [6.45, 7) is 1.83. The summed E-state index contributed by atoms with van der Waals surface area (Å²) in [6, 6.07) is 5.36. The average Bonchev–Trinajstić information content (AvgIpc) is 2.89. The lowest BCUT2D eigenvalue weighted by molar-refractivity contribution is -0.385. The molecule has 2 rings (SSSR count). The zero-order valence-corrected chi connectivity index (χ0v) is 10.3. The van der Waals surface area contributed by atoms with Crippen LogP contribution in [0.3, 0.4) is 0 Å². The Hall–Kier alpha value is -1.82. The molecule has 1 aromatic rings. The van der Waals surface area contributed by atoms with E-state index < -0.39 is 4.92 Å². The minimum absolute atomic E-state index is 0.0121. The van der Waals surface area contributed by atoms with Crippen molar-refractivity contribution in [2.75, 3.05) is 25.5 Å². The van der Waals surface area contributed by atoms with Crippen LogP contribution in [-0.2, 0) is 0 Å². The van der Waals surface area contributed by atoms with E-state index in [0.717, 1.165) is 25.2 Å². The first-order chi connectivity index (χ1) is 8.70. The predicted molar refractivity (Wildman–Crippen MR) is 69.2 cm³/mol. The lowest BCUT2D eigenvalue weighted by Gasteiger charge is -2.13. The molecule has 0 aromatic heterocycles. The van der Waals surface area contributed by atoms with Gasteiger partial charge in [0.15, 0.2) is 5.75 Å². The van der Waals surface area contributed by atoms with Crippen LogP contribution in [0.5, 0.6) is 5.75 Å². The van der Waals surface area contributed by atoms with Crippen LogP contribution >= 0.6 is 0 Å². The zero-order valence-electron chi connectivity index (χ0n) is 10.3. The molecule has 2 N–H and O–H groups in total. The summed E-state index contributed by atoms with van der Waals surface area (Å²) in [5, 5.41) is 17.5. The number of rotatable bonds is 5. The summed E-state index contributed by atoms with van der Waals surface area (Å²) in [5.74, 6) is 0.282. The van der Waals surface area contributed by atoms with Gasteiger partial charge in [-0.2, -0.15) is 0 Å². The number of hydrogen-bond acceptors (Lipinski definition) is 5. The highest BCUT2D eigenvalue weighted by molar-refractivity contribution is 5.58. The van der Waals surface area contributed by atoms with Gasteiger partial charge in [0.05, 0.1) is 12.0 Å². The molecule has 0 amide bonds. The summed E-state index contributed by atoms with van der Waals surface area (Å²) in [4.78, 5) is 10.4. The maximum Gasteiger partial charge on any atom is 0.312 e. The Morgan fingerprint density at radius 1 is 1.61 bits per heavy atom. The van der Waals surface area contributed by atoms with Crippen LogP contribution in [0.2, 0.25) is 0 Å². The number of nitro groups is 1. The fourth-order valence-corrected chi connectivity index (χ4v) is 2.11. The van der Waals surface area contributed by atoms with E-state index in [0.29, 0.717) is 6.04 Å². The molecule has 0 saturated carbocycles. The highest BCUT2D eigenvalue weighted by Crippen LogP contribution is 2.29. The Labute approximate surface area is 105 Å². The number of nitro benzene ring substituents is 1. The summed E-state index contributed by atoms with van der Waals surface area (Å²) in [5.41, 5.74) is 0.734. The maximum absolute atomic E-state index is 10.9. The van der Waals surface area contributed by atoms with Crippen LogP contribution in [0, 0.1) is 10.1 Å². The van der Waals surface area contributed by atoms with Crippen molar-refractivity contribution in [1.82, 2.24) is 5.32 Å². The molecule has 6 heteroatoms. The van der Waals surface area contributed by atoms with E-state index in [1.54, 1.807) is 12.1 Å². The lowest BCUT2D eigenvalue weighted by atomic mass is 10.2.